The van der Waals surface area contributed by atoms with Gasteiger partial charge < -0.3 is 40.2 Å². The van der Waals surface area contributed by atoms with Crippen LogP contribution in [0.4, 0.5) is 30.6 Å². The lowest BCUT2D eigenvalue weighted by Crippen LogP contribution is -2.43. The number of carbonyl (C=O) groups is 6. The maximum Gasteiger partial charge on any atom is 0.410 e. The van der Waals surface area contributed by atoms with Crippen LogP contribution >= 0.6 is 0 Å². The fourth-order valence-corrected chi connectivity index (χ4v) is 7.25. The van der Waals surface area contributed by atoms with Gasteiger partial charge in [-0.05, 0) is 73.2 Å². The fraction of sp³-hybridized carbons (Fsp3) is 0.360. The van der Waals surface area contributed by atoms with E-state index in [4.69, 9.17) is 18.9 Å². The molecule has 6 atom stereocenters. The minimum atomic E-state index is -0.945. The molecular formula is C50H58N6O10. The molecule has 4 aromatic carbocycles. The molecule has 0 aromatic heterocycles. The van der Waals surface area contributed by atoms with Gasteiger partial charge in [-0.25, -0.2) is 19.2 Å². The number of rotatable bonds is 16. The number of nitrogens with one attached hydrogen (secondary N) is 4. The van der Waals surface area contributed by atoms with E-state index in [2.05, 4.69) is 21.3 Å². The van der Waals surface area contributed by atoms with Gasteiger partial charge in [-0.15, -0.1) is 0 Å². The Labute approximate surface area is 385 Å². The third-order valence-corrected chi connectivity index (χ3v) is 11.3. The van der Waals surface area contributed by atoms with Crippen LogP contribution in [0, 0.1) is 0 Å². The highest BCUT2D eigenvalue weighted by Crippen LogP contribution is 2.26. The Balaban J connectivity index is 1.04. The molecule has 0 aliphatic carbocycles. The normalized spacial score (nSPS) is 18.7. The van der Waals surface area contributed by atoms with E-state index in [1.807, 2.05) is 125 Å². The molecule has 2 fully saturated rings. The van der Waals surface area contributed by atoms with E-state index in [0.717, 1.165) is 22.3 Å². The first kappa shape index (κ1) is 48.1. The molecule has 66 heavy (non-hydrogen) atoms. The molecule has 2 aliphatic rings. The second kappa shape index (κ2) is 23.5. The molecule has 4 aromatic rings. The van der Waals surface area contributed by atoms with E-state index < -0.39 is 60.5 Å². The number of ether oxygens (including phenoxy) is 4. The van der Waals surface area contributed by atoms with E-state index in [9.17, 15) is 28.8 Å². The summed E-state index contributed by atoms with van der Waals surface area (Å²) in [5.41, 5.74) is 4.28. The lowest BCUT2D eigenvalue weighted by atomic mass is 10.1. The van der Waals surface area contributed by atoms with Crippen LogP contribution in [0.2, 0.25) is 0 Å². The number of carbonyl (C=O) groups excluding carboxylic acids is 6. The van der Waals surface area contributed by atoms with Crippen LogP contribution in [0.25, 0.3) is 12.2 Å². The summed E-state index contributed by atoms with van der Waals surface area (Å²) in [6.45, 7) is 7.63. The lowest BCUT2D eigenvalue weighted by Gasteiger charge is -2.23. The first-order valence-corrected chi connectivity index (χ1v) is 22.3. The van der Waals surface area contributed by atoms with E-state index in [-0.39, 0.29) is 51.2 Å². The molecule has 6 amide bonds. The summed E-state index contributed by atoms with van der Waals surface area (Å²) in [6.07, 6.45) is 1.37. The summed E-state index contributed by atoms with van der Waals surface area (Å²) < 4.78 is 22.3. The number of hydrogen-bond donors (Lipinski definition) is 4. The Hall–Kier alpha value is -7.36. The van der Waals surface area contributed by atoms with Crippen LogP contribution < -0.4 is 21.3 Å². The van der Waals surface area contributed by atoms with Gasteiger partial charge in [-0.3, -0.25) is 19.4 Å². The van der Waals surface area contributed by atoms with Crippen LogP contribution in [-0.2, 0) is 41.8 Å². The van der Waals surface area contributed by atoms with Crippen LogP contribution in [0.5, 0.6) is 0 Å². The molecule has 2 saturated heterocycles. The molecule has 0 bridgehead atoms. The smallest absolute Gasteiger partial charge is 0.410 e. The maximum atomic E-state index is 13.6. The summed E-state index contributed by atoms with van der Waals surface area (Å²) in [5, 5.41) is 11.3. The average Bonchev–Trinajstić information content (AvgIpc) is 3.95. The summed E-state index contributed by atoms with van der Waals surface area (Å²) in [5.74, 6) is -0.895. The van der Waals surface area contributed by atoms with Crippen molar-refractivity contribution in [1.29, 1.82) is 0 Å². The molecule has 0 radical (unpaired) electrons. The molecule has 0 spiro atoms. The molecule has 0 saturated carbocycles. The van der Waals surface area contributed by atoms with Gasteiger partial charge in [0.15, 0.2) is 0 Å². The van der Waals surface area contributed by atoms with E-state index in [1.165, 1.54) is 9.80 Å². The number of hydrogen-bond acceptors (Lipinski definition) is 10. The van der Waals surface area contributed by atoms with Gasteiger partial charge in [-0.1, -0.05) is 111 Å². The topological polar surface area (TPSA) is 194 Å². The van der Waals surface area contributed by atoms with Crippen molar-refractivity contribution in [1.82, 2.24) is 20.4 Å². The highest BCUT2D eigenvalue weighted by molar-refractivity contribution is 5.98. The SMILES string of the molecule is CCC(C)NC(=O)O[C@@H]1C[C@@H](C(=O)Nc2ccc(C=Cc3ccc(NC(=O)[C@@H]4C[C@@H](OC(=O)NC(C)CC)CN4C(=O)OCc4ccccc4)cc3)cc2)N(C(=O)OCc2ccccc2)C1. The second-order valence-corrected chi connectivity index (χ2v) is 16.4. The standard InChI is InChI=1S/C50H58N6O10/c1-5-33(3)51-47(59)65-41-27-43(55(29-41)49(61)63-31-37-13-9-7-10-14-37)45(57)53-39-23-19-35(20-24-39)17-18-36-21-25-40(26-22-36)54-46(58)44-28-42(66-48(60)52-34(4)6-2)30-56(44)50(62)64-32-38-15-11-8-12-16-38/h7-26,33-34,41-44H,5-6,27-32H2,1-4H3,(H,51,59)(H,52,60)(H,53,57)(H,54,58)/t33?,34?,41-,42-,43+,44+/m1/s1. The van der Waals surface area contributed by atoms with Crippen molar-refractivity contribution in [2.75, 3.05) is 23.7 Å². The first-order chi connectivity index (χ1) is 31.9. The van der Waals surface area contributed by atoms with Crippen molar-refractivity contribution in [3.05, 3.63) is 131 Å². The molecule has 2 unspecified atom stereocenters. The lowest BCUT2D eigenvalue weighted by molar-refractivity contribution is -0.120. The summed E-state index contributed by atoms with van der Waals surface area (Å²) in [6, 6.07) is 30.6. The number of anilines is 2. The summed E-state index contributed by atoms with van der Waals surface area (Å²) in [7, 11) is 0. The monoisotopic (exact) mass is 902 g/mol. The fourth-order valence-electron chi connectivity index (χ4n) is 7.25. The van der Waals surface area contributed by atoms with Gasteiger partial charge in [0.2, 0.25) is 11.8 Å². The Bertz CT molecular complexity index is 2130. The highest BCUT2D eigenvalue weighted by atomic mass is 16.6. The summed E-state index contributed by atoms with van der Waals surface area (Å²) in [4.78, 5) is 81.4. The Morgan fingerprint density at radius 2 is 0.924 bits per heavy atom. The van der Waals surface area contributed by atoms with Gasteiger partial charge >= 0.3 is 24.4 Å². The molecule has 2 aliphatic heterocycles. The van der Waals surface area contributed by atoms with E-state index in [0.29, 0.717) is 24.2 Å². The highest BCUT2D eigenvalue weighted by Gasteiger charge is 2.44. The minimum Gasteiger partial charge on any atom is -0.445 e. The van der Waals surface area contributed by atoms with Gasteiger partial charge in [0.25, 0.3) is 0 Å². The predicted octanol–water partition coefficient (Wildman–Crippen LogP) is 8.34. The second-order valence-electron chi connectivity index (χ2n) is 16.4. The minimum absolute atomic E-state index is 0.00228. The van der Waals surface area contributed by atoms with Crippen molar-refractivity contribution < 1.29 is 47.7 Å². The predicted molar refractivity (Wildman–Crippen MR) is 249 cm³/mol. The first-order valence-electron chi connectivity index (χ1n) is 22.3. The van der Waals surface area contributed by atoms with Gasteiger partial charge in [-0.2, -0.15) is 0 Å². The molecule has 348 valence electrons. The van der Waals surface area contributed by atoms with Gasteiger partial charge in [0.05, 0.1) is 13.1 Å². The average molecular weight is 903 g/mol. The van der Waals surface area contributed by atoms with Crippen molar-refractivity contribution in [3.8, 4) is 0 Å². The molecule has 6 rings (SSSR count). The van der Waals surface area contributed by atoms with Crippen molar-refractivity contribution in [2.24, 2.45) is 0 Å². The van der Waals surface area contributed by atoms with Gasteiger partial charge in [0.1, 0.15) is 37.5 Å². The Kier molecular flexibility index (Phi) is 17.2. The van der Waals surface area contributed by atoms with Crippen LogP contribution in [0.1, 0.15) is 75.6 Å². The molecule has 16 nitrogen and oxygen atoms in total. The van der Waals surface area contributed by atoms with E-state index in [1.54, 1.807) is 24.3 Å². The van der Waals surface area contributed by atoms with Crippen LogP contribution in [0.15, 0.2) is 109 Å². The van der Waals surface area contributed by atoms with Crippen molar-refractivity contribution >= 4 is 59.7 Å². The third kappa shape index (κ3) is 14.1. The zero-order valence-electron chi connectivity index (χ0n) is 37.6. The quantitative estimate of drug-likeness (QED) is 0.0627. The van der Waals surface area contributed by atoms with Crippen molar-refractivity contribution in [3.63, 3.8) is 0 Å². The van der Waals surface area contributed by atoms with Crippen LogP contribution in [-0.4, -0.2) is 95.5 Å². The largest absolute Gasteiger partial charge is 0.445 e. The maximum absolute atomic E-state index is 13.6. The number of nitrogens with zero attached hydrogens (tertiary/aromatic N) is 2. The number of benzene rings is 4. The molecular weight excluding hydrogens is 845 g/mol. The van der Waals surface area contributed by atoms with E-state index >= 15 is 0 Å². The number of amides is 6. The van der Waals surface area contributed by atoms with Gasteiger partial charge in [0, 0.05) is 36.3 Å². The number of alkyl carbamates (subject to hydrolysis) is 2. The Morgan fingerprint density at radius 1 is 0.561 bits per heavy atom. The third-order valence-electron chi connectivity index (χ3n) is 11.3. The van der Waals surface area contributed by atoms with Crippen molar-refractivity contribution in [2.45, 2.75) is 103 Å². The molecule has 16 heteroatoms. The zero-order valence-corrected chi connectivity index (χ0v) is 37.6. The molecule has 2 heterocycles. The van der Waals surface area contributed by atoms with Crippen LogP contribution in [0.3, 0.4) is 0 Å². The summed E-state index contributed by atoms with van der Waals surface area (Å²) >= 11 is 0. The number of likely N-dealkylation sites (tertiary alicyclic amines) is 2. The Morgan fingerprint density at radius 3 is 1.27 bits per heavy atom. The zero-order chi connectivity index (χ0) is 47.0. The molecule has 4 N–H and O–H groups in total.